The summed E-state index contributed by atoms with van der Waals surface area (Å²) < 4.78 is 1.90. The normalized spacial score (nSPS) is 16.9. The summed E-state index contributed by atoms with van der Waals surface area (Å²) in [6.45, 7) is 0.482. The van der Waals surface area contributed by atoms with Gasteiger partial charge in [-0.05, 0) is 37.0 Å². The van der Waals surface area contributed by atoms with Gasteiger partial charge in [-0.1, -0.05) is 23.7 Å². The zero-order chi connectivity index (χ0) is 15.5. The molecule has 0 fully saturated rings. The Morgan fingerprint density at radius 3 is 2.95 bits per heavy atom. The molecular formula is C16H19ClN4O. The highest BCUT2D eigenvalue weighted by atomic mass is 35.5. The van der Waals surface area contributed by atoms with Crippen LogP contribution in [0, 0.1) is 0 Å². The maximum Gasteiger partial charge on any atom is 0.315 e. The molecule has 116 valence electrons. The van der Waals surface area contributed by atoms with Gasteiger partial charge in [0.15, 0.2) is 0 Å². The van der Waals surface area contributed by atoms with Gasteiger partial charge in [-0.15, -0.1) is 0 Å². The molecule has 6 heteroatoms. The molecule has 0 saturated carbocycles. The van der Waals surface area contributed by atoms with E-state index in [9.17, 15) is 4.79 Å². The van der Waals surface area contributed by atoms with Crippen molar-refractivity contribution >= 4 is 17.6 Å². The highest BCUT2D eigenvalue weighted by Crippen LogP contribution is 2.28. The number of hydrogen-bond donors (Lipinski definition) is 2. The lowest BCUT2D eigenvalue weighted by atomic mass is 9.93. The summed E-state index contributed by atoms with van der Waals surface area (Å²) >= 11 is 5.85. The molecule has 1 aromatic heterocycles. The highest BCUT2D eigenvalue weighted by Gasteiger charge is 2.24. The van der Waals surface area contributed by atoms with Crippen LogP contribution in [0.25, 0.3) is 0 Å². The number of amides is 2. The number of aromatic nitrogens is 2. The van der Waals surface area contributed by atoms with Crippen LogP contribution in [-0.4, -0.2) is 15.8 Å². The number of benzene rings is 1. The highest BCUT2D eigenvalue weighted by molar-refractivity contribution is 6.30. The van der Waals surface area contributed by atoms with Gasteiger partial charge in [0.1, 0.15) is 0 Å². The molecule has 0 spiro atoms. The van der Waals surface area contributed by atoms with Crippen molar-refractivity contribution in [1.82, 2.24) is 20.4 Å². The first kappa shape index (κ1) is 14.9. The van der Waals surface area contributed by atoms with Crippen LogP contribution in [0.3, 0.4) is 0 Å². The second kappa shape index (κ2) is 6.40. The lowest BCUT2D eigenvalue weighted by Crippen LogP contribution is -2.38. The minimum atomic E-state index is -0.156. The Labute approximate surface area is 134 Å². The van der Waals surface area contributed by atoms with Crippen molar-refractivity contribution in [3.8, 4) is 0 Å². The van der Waals surface area contributed by atoms with Crippen LogP contribution in [0.5, 0.6) is 0 Å². The van der Waals surface area contributed by atoms with E-state index in [1.54, 1.807) is 0 Å². The van der Waals surface area contributed by atoms with Gasteiger partial charge in [0.05, 0.1) is 12.2 Å². The summed E-state index contributed by atoms with van der Waals surface area (Å²) in [6, 6.07) is 7.34. The van der Waals surface area contributed by atoms with E-state index < -0.39 is 0 Å². The lowest BCUT2D eigenvalue weighted by molar-refractivity contribution is 0.235. The Kier molecular flexibility index (Phi) is 4.34. The minimum absolute atomic E-state index is 0.0441. The Morgan fingerprint density at radius 2 is 2.18 bits per heavy atom. The Balaban J connectivity index is 1.57. The zero-order valence-corrected chi connectivity index (χ0v) is 13.2. The number of carbonyl (C=O) groups is 1. The summed E-state index contributed by atoms with van der Waals surface area (Å²) in [7, 11) is 1.95. The van der Waals surface area contributed by atoms with Crippen LogP contribution in [0.1, 0.15) is 35.7 Å². The molecule has 2 N–H and O–H groups in total. The average Bonchev–Trinajstić information content (AvgIpc) is 2.90. The SMILES string of the molecule is Cn1ncc2c1CCCC2NC(=O)NCc1ccc(Cl)cc1. The van der Waals surface area contributed by atoms with Crippen molar-refractivity contribution in [3.63, 3.8) is 0 Å². The second-order valence-corrected chi connectivity index (χ2v) is 6.00. The fourth-order valence-electron chi connectivity index (χ4n) is 2.85. The maximum atomic E-state index is 12.1. The lowest BCUT2D eigenvalue weighted by Gasteiger charge is -2.24. The van der Waals surface area contributed by atoms with E-state index in [0.717, 1.165) is 30.4 Å². The first-order valence-corrected chi connectivity index (χ1v) is 7.81. The van der Waals surface area contributed by atoms with E-state index in [1.165, 1.54) is 5.69 Å². The number of halogens is 1. The molecule has 5 nitrogen and oxygen atoms in total. The molecule has 1 heterocycles. The number of rotatable bonds is 3. The summed E-state index contributed by atoms with van der Waals surface area (Å²) in [5.41, 5.74) is 3.37. The van der Waals surface area contributed by atoms with E-state index in [4.69, 9.17) is 11.6 Å². The summed E-state index contributed by atoms with van der Waals surface area (Å²) in [5, 5.41) is 10.9. The molecule has 0 aliphatic heterocycles. The number of aryl methyl sites for hydroxylation is 1. The third kappa shape index (κ3) is 3.25. The number of nitrogens with one attached hydrogen (secondary N) is 2. The smallest absolute Gasteiger partial charge is 0.315 e. The van der Waals surface area contributed by atoms with Crippen molar-refractivity contribution < 1.29 is 4.79 Å². The van der Waals surface area contributed by atoms with Gasteiger partial charge >= 0.3 is 6.03 Å². The second-order valence-electron chi connectivity index (χ2n) is 5.57. The van der Waals surface area contributed by atoms with E-state index in [-0.39, 0.29) is 12.1 Å². The molecule has 1 aliphatic rings. The van der Waals surface area contributed by atoms with Crippen LogP contribution < -0.4 is 10.6 Å². The van der Waals surface area contributed by atoms with Crippen LogP contribution in [0.4, 0.5) is 4.79 Å². The standard InChI is InChI=1S/C16H19ClN4O/c1-21-15-4-2-3-14(13(15)10-19-21)20-16(22)18-9-11-5-7-12(17)8-6-11/h5-8,10,14H,2-4,9H2,1H3,(H2,18,20,22). The van der Waals surface area contributed by atoms with Crippen molar-refractivity contribution in [2.45, 2.75) is 31.8 Å². The molecule has 0 saturated heterocycles. The monoisotopic (exact) mass is 318 g/mol. The Morgan fingerprint density at radius 1 is 1.41 bits per heavy atom. The molecule has 2 amide bonds. The molecule has 3 rings (SSSR count). The van der Waals surface area contributed by atoms with Gasteiger partial charge in [0.2, 0.25) is 0 Å². The van der Waals surface area contributed by atoms with Gasteiger partial charge in [-0.25, -0.2) is 4.79 Å². The average molecular weight is 319 g/mol. The van der Waals surface area contributed by atoms with Crippen LogP contribution in [0.2, 0.25) is 5.02 Å². The molecule has 0 radical (unpaired) electrons. The third-order valence-electron chi connectivity index (χ3n) is 4.05. The predicted octanol–water partition coefficient (Wildman–Crippen LogP) is 2.95. The fraction of sp³-hybridized carbons (Fsp3) is 0.375. The summed E-state index contributed by atoms with van der Waals surface area (Å²) in [5.74, 6) is 0. The fourth-order valence-corrected chi connectivity index (χ4v) is 2.98. The topological polar surface area (TPSA) is 59.0 Å². The molecular weight excluding hydrogens is 300 g/mol. The number of carbonyl (C=O) groups excluding carboxylic acids is 1. The Hall–Kier alpha value is -2.01. The quantitative estimate of drug-likeness (QED) is 0.914. The van der Waals surface area contributed by atoms with Crippen molar-refractivity contribution in [2.24, 2.45) is 7.05 Å². The van der Waals surface area contributed by atoms with Gasteiger partial charge in [-0.2, -0.15) is 5.10 Å². The first-order valence-electron chi connectivity index (χ1n) is 7.43. The predicted molar refractivity (Wildman–Crippen MR) is 85.7 cm³/mol. The van der Waals surface area contributed by atoms with Crippen molar-refractivity contribution in [1.29, 1.82) is 0 Å². The van der Waals surface area contributed by atoms with Gasteiger partial charge in [-0.3, -0.25) is 4.68 Å². The van der Waals surface area contributed by atoms with Crippen LogP contribution >= 0.6 is 11.6 Å². The third-order valence-corrected chi connectivity index (χ3v) is 4.30. The molecule has 2 aromatic rings. The van der Waals surface area contributed by atoms with Crippen LogP contribution in [0.15, 0.2) is 30.5 Å². The number of fused-ring (bicyclic) bond motifs is 1. The molecule has 0 bridgehead atoms. The number of urea groups is 1. The number of hydrogen-bond acceptors (Lipinski definition) is 2. The first-order chi connectivity index (χ1) is 10.6. The molecule has 1 unspecified atom stereocenters. The van der Waals surface area contributed by atoms with Gasteiger partial charge < -0.3 is 10.6 Å². The van der Waals surface area contributed by atoms with Crippen LogP contribution in [-0.2, 0) is 20.0 Å². The molecule has 1 atom stereocenters. The van der Waals surface area contributed by atoms with E-state index in [2.05, 4.69) is 15.7 Å². The summed E-state index contributed by atoms with van der Waals surface area (Å²) in [6.07, 6.45) is 4.90. The molecule has 1 aliphatic carbocycles. The van der Waals surface area contributed by atoms with Gasteiger partial charge in [0.25, 0.3) is 0 Å². The maximum absolute atomic E-state index is 12.1. The zero-order valence-electron chi connectivity index (χ0n) is 12.5. The number of nitrogens with zero attached hydrogens (tertiary/aromatic N) is 2. The van der Waals surface area contributed by atoms with Crippen molar-refractivity contribution in [3.05, 3.63) is 52.3 Å². The molecule has 1 aromatic carbocycles. The Bertz CT molecular complexity index is 665. The molecule has 22 heavy (non-hydrogen) atoms. The van der Waals surface area contributed by atoms with Crippen molar-refractivity contribution in [2.75, 3.05) is 0 Å². The van der Waals surface area contributed by atoms with E-state index in [1.807, 2.05) is 42.2 Å². The van der Waals surface area contributed by atoms with Gasteiger partial charge in [0, 0.05) is 29.9 Å². The van der Waals surface area contributed by atoms with E-state index >= 15 is 0 Å². The van der Waals surface area contributed by atoms with E-state index in [0.29, 0.717) is 11.6 Å². The minimum Gasteiger partial charge on any atom is -0.334 e. The largest absolute Gasteiger partial charge is 0.334 e. The summed E-state index contributed by atoms with van der Waals surface area (Å²) in [4.78, 5) is 12.1.